The number of methoxy groups -OCH3 is 1. The van der Waals surface area contributed by atoms with E-state index in [0.29, 0.717) is 6.04 Å². The van der Waals surface area contributed by atoms with Crippen LogP contribution in [-0.4, -0.2) is 19.7 Å². The van der Waals surface area contributed by atoms with Gasteiger partial charge in [0.1, 0.15) is 5.75 Å². The number of hydrogen-bond acceptors (Lipinski definition) is 2. The summed E-state index contributed by atoms with van der Waals surface area (Å²) in [7, 11) is 1.74. The summed E-state index contributed by atoms with van der Waals surface area (Å²) in [5, 5.41) is 3.59. The Bertz CT molecular complexity index is 548. The molecule has 0 aliphatic rings. The van der Waals surface area contributed by atoms with E-state index in [4.69, 9.17) is 4.74 Å². The number of nitrogens with one attached hydrogen (secondary N) is 1. The average molecular weight is 283 g/mol. The van der Waals surface area contributed by atoms with Crippen LogP contribution in [0.4, 0.5) is 0 Å². The van der Waals surface area contributed by atoms with Crippen molar-refractivity contribution in [1.29, 1.82) is 0 Å². The van der Waals surface area contributed by atoms with Gasteiger partial charge in [-0.25, -0.2) is 0 Å². The fourth-order valence-corrected chi connectivity index (χ4v) is 2.65. The molecule has 112 valence electrons. The molecule has 2 rings (SSSR count). The van der Waals surface area contributed by atoms with Crippen molar-refractivity contribution in [1.82, 2.24) is 5.32 Å². The molecular formula is C19H25NO. The first-order valence-electron chi connectivity index (χ1n) is 7.63. The summed E-state index contributed by atoms with van der Waals surface area (Å²) in [6.45, 7) is 5.26. The van der Waals surface area contributed by atoms with E-state index in [-0.39, 0.29) is 0 Å². The molecule has 0 amide bonds. The fraction of sp³-hybridized carbons (Fsp3) is 0.368. The Hall–Kier alpha value is -1.80. The van der Waals surface area contributed by atoms with E-state index >= 15 is 0 Å². The molecule has 2 nitrogen and oxygen atoms in total. The van der Waals surface area contributed by atoms with E-state index in [9.17, 15) is 0 Å². The molecule has 0 aromatic heterocycles. The lowest BCUT2D eigenvalue weighted by atomic mass is 9.98. The van der Waals surface area contributed by atoms with E-state index in [1.807, 2.05) is 12.1 Å². The predicted octanol–water partition coefficient (Wildman–Crippen LogP) is 3.77. The van der Waals surface area contributed by atoms with Gasteiger partial charge in [0, 0.05) is 6.04 Å². The third-order valence-corrected chi connectivity index (χ3v) is 3.75. The molecule has 1 atom stereocenters. The van der Waals surface area contributed by atoms with Crippen LogP contribution in [0.5, 0.6) is 5.75 Å². The van der Waals surface area contributed by atoms with Crippen LogP contribution in [0.3, 0.4) is 0 Å². The van der Waals surface area contributed by atoms with Crippen molar-refractivity contribution in [3.05, 3.63) is 65.2 Å². The molecule has 0 saturated heterocycles. The number of aryl methyl sites for hydroxylation is 1. The Kier molecular flexibility index (Phi) is 5.82. The summed E-state index contributed by atoms with van der Waals surface area (Å²) in [4.78, 5) is 0. The largest absolute Gasteiger partial charge is 0.496 e. The zero-order chi connectivity index (χ0) is 15.1. The molecule has 0 saturated carbocycles. The third kappa shape index (κ3) is 4.61. The van der Waals surface area contributed by atoms with Gasteiger partial charge in [-0.1, -0.05) is 55.0 Å². The Balaban J connectivity index is 2.09. The average Bonchev–Trinajstić information content (AvgIpc) is 2.50. The van der Waals surface area contributed by atoms with Crippen molar-refractivity contribution in [2.24, 2.45) is 0 Å². The molecule has 1 unspecified atom stereocenters. The molecule has 0 heterocycles. The van der Waals surface area contributed by atoms with E-state index < -0.39 is 0 Å². The van der Waals surface area contributed by atoms with Gasteiger partial charge in [-0.3, -0.25) is 0 Å². The molecule has 0 aliphatic heterocycles. The van der Waals surface area contributed by atoms with Crippen molar-refractivity contribution in [2.75, 3.05) is 13.7 Å². The summed E-state index contributed by atoms with van der Waals surface area (Å²) < 4.78 is 5.46. The summed E-state index contributed by atoms with van der Waals surface area (Å²) in [6.07, 6.45) is 2.01. The number of likely N-dealkylation sites (N-methyl/N-ethyl adjacent to an activating group) is 1. The zero-order valence-corrected chi connectivity index (χ0v) is 13.2. The minimum atomic E-state index is 0.425. The van der Waals surface area contributed by atoms with Crippen LogP contribution < -0.4 is 10.1 Å². The van der Waals surface area contributed by atoms with Gasteiger partial charge < -0.3 is 10.1 Å². The summed E-state index contributed by atoms with van der Waals surface area (Å²) in [6, 6.07) is 17.5. The zero-order valence-electron chi connectivity index (χ0n) is 13.2. The van der Waals surface area contributed by atoms with E-state index in [2.05, 4.69) is 55.6 Å². The second kappa shape index (κ2) is 7.84. The normalized spacial score (nSPS) is 12.1. The summed E-state index contributed by atoms with van der Waals surface area (Å²) in [5.74, 6) is 0.976. The van der Waals surface area contributed by atoms with E-state index in [0.717, 1.165) is 25.1 Å². The smallest absolute Gasteiger partial charge is 0.122 e. The van der Waals surface area contributed by atoms with Gasteiger partial charge in [-0.2, -0.15) is 0 Å². The molecule has 2 heteroatoms. The second-order valence-electron chi connectivity index (χ2n) is 5.46. The monoisotopic (exact) mass is 283 g/mol. The van der Waals surface area contributed by atoms with Crippen LogP contribution in [0.15, 0.2) is 48.5 Å². The molecule has 0 bridgehead atoms. The van der Waals surface area contributed by atoms with Gasteiger partial charge >= 0.3 is 0 Å². The Morgan fingerprint density at radius 1 is 1.00 bits per heavy atom. The minimum absolute atomic E-state index is 0.425. The molecule has 1 N–H and O–H groups in total. The van der Waals surface area contributed by atoms with Crippen molar-refractivity contribution >= 4 is 0 Å². The standard InChI is InChI=1S/C19H25NO/c1-4-20-18(13-16-11-9-15(2)10-12-16)14-17-7-5-6-8-19(17)21-3/h5-12,18,20H,4,13-14H2,1-3H3. The van der Waals surface area contributed by atoms with Gasteiger partial charge in [0.25, 0.3) is 0 Å². The number of para-hydroxylation sites is 1. The third-order valence-electron chi connectivity index (χ3n) is 3.75. The second-order valence-corrected chi connectivity index (χ2v) is 5.46. The van der Waals surface area contributed by atoms with Gasteiger partial charge in [0.05, 0.1) is 7.11 Å². The van der Waals surface area contributed by atoms with Crippen LogP contribution in [0.25, 0.3) is 0 Å². The first kappa shape index (κ1) is 15.6. The van der Waals surface area contributed by atoms with Crippen LogP contribution in [-0.2, 0) is 12.8 Å². The highest BCUT2D eigenvalue weighted by Gasteiger charge is 2.12. The highest BCUT2D eigenvalue weighted by atomic mass is 16.5. The van der Waals surface area contributed by atoms with E-state index in [1.54, 1.807) is 7.11 Å². The number of hydrogen-bond donors (Lipinski definition) is 1. The highest BCUT2D eigenvalue weighted by molar-refractivity contribution is 5.34. The number of ether oxygens (including phenoxy) is 1. The SMILES string of the molecule is CCNC(Cc1ccc(C)cc1)Cc1ccccc1OC. The molecule has 2 aromatic carbocycles. The molecule has 0 aliphatic carbocycles. The fourth-order valence-electron chi connectivity index (χ4n) is 2.65. The Morgan fingerprint density at radius 2 is 1.71 bits per heavy atom. The van der Waals surface area contributed by atoms with E-state index in [1.165, 1.54) is 16.7 Å². The minimum Gasteiger partial charge on any atom is -0.496 e. The van der Waals surface area contributed by atoms with Crippen LogP contribution in [0.2, 0.25) is 0 Å². The topological polar surface area (TPSA) is 21.3 Å². The quantitative estimate of drug-likeness (QED) is 0.835. The Morgan fingerprint density at radius 3 is 2.38 bits per heavy atom. The Labute approximate surface area is 128 Å². The van der Waals surface area contributed by atoms with Crippen molar-refractivity contribution in [3.8, 4) is 5.75 Å². The van der Waals surface area contributed by atoms with Crippen LogP contribution in [0, 0.1) is 6.92 Å². The molecular weight excluding hydrogens is 258 g/mol. The molecule has 21 heavy (non-hydrogen) atoms. The summed E-state index contributed by atoms with van der Waals surface area (Å²) >= 11 is 0. The van der Waals surface area contributed by atoms with Crippen LogP contribution >= 0.6 is 0 Å². The van der Waals surface area contributed by atoms with Crippen LogP contribution in [0.1, 0.15) is 23.6 Å². The van der Waals surface area contributed by atoms with Crippen molar-refractivity contribution in [3.63, 3.8) is 0 Å². The number of rotatable bonds is 7. The van der Waals surface area contributed by atoms with Gasteiger partial charge in [0.2, 0.25) is 0 Å². The summed E-state index contributed by atoms with van der Waals surface area (Å²) in [5.41, 5.74) is 3.95. The molecule has 0 radical (unpaired) electrons. The van der Waals surface area contributed by atoms with Gasteiger partial charge in [0.15, 0.2) is 0 Å². The van der Waals surface area contributed by atoms with Crippen molar-refractivity contribution in [2.45, 2.75) is 32.7 Å². The lowest BCUT2D eigenvalue weighted by Crippen LogP contribution is -2.33. The first-order valence-corrected chi connectivity index (χ1v) is 7.63. The highest BCUT2D eigenvalue weighted by Crippen LogP contribution is 2.20. The van der Waals surface area contributed by atoms with Gasteiger partial charge in [-0.15, -0.1) is 0 Å². The molecule has 0 spiro atoms. The maximum atomic E-state index is 5.46. The molecule has 2 aromatic rings. The van der Waals surface area contributed by atoms with Crippen molar-refractivity contribution < 1.29 is 4.74 Å². The predicted molar refractivity (Wildman–Crippen MR) is 89.0 cm³/mol. The first-order chi connectivity index (χ1) is 10.2. The maximum absolute atomic E-state index is 5.46. The lowest BCUT2D eigenvalue weighted by Gasteiger charge is -2.19. The molecule has 0 fully saturated rings. The van der Waals surface area contributed by atoms with Gasteiger partial charge in [-0.05, 0) is 43.5 Å². The number of benzene rings is 2. The maximum Gasteiger partial charge on any atom is 0.122 e. The lowest BCUT2D eigenvalue weighted by molar-refractivity contribution is 0.404.